The van der Waals surface area contributed by atoms with E-state index in [9.17, 15) is 4.79 Å². The third-order valence-electron chi connectivity index (χ3n) is 0.743. The Morgan fingerprint density at radius 2 is 1.78 bits per heavy atom. The van der Waals surface area contributed by atoms with Crippen LogP contribution >= 0.6 is 0 Å². The van der Waals surface area contributed by atoms with Gasteiger partial charge in [0.15, 0.2) is 0 Å². The molecule has 9 heavy (non-hydrogen) atoms. The molecular formula is C6H11LiO2. The number of hydrogen-bond acceptors (Lipinski definition) is 2. The van der Waals surface area contributed by atoms with E-state index in [0.717, 1.165) is 0 Å². The Hall–Kier alpha value is 0.0674. The molecule has 0 rings (SSSR count). The van der Waals surface area contributed by atoms with E-state index >= 15 is 0 Å². The second-order valence-corrected chi connectivity index (χ2v) is 2.68. The van der Waals surface area contributed by atoms with Crippen molar-refractivity contribution < 1.29 is 28.4 Å². The standard InChI is InChI=1S/C6H11O2.Li/c1-6(2,3)5(7)8-4;/h4H2,1-3H3;/q-1;+1. The molecular weight excluding hydrogens is 111 g/mol. The van der Waals surface area contributed by atoms with E-state index in [1.807, 2.05) is 0 Å². The Bertz CT molecular complexity index is 93.7. The van der Waals surface area contributed by atoms with E-state index in [-0.39, 0.29) is 24.8 Å². The molecule has 0 N–H and O–H groups in total. The van der Waals surface area contributed by atoms with E-state index in [2.05, 4.69) is 11.8 Å². The van der Waals surface area contributed by atoms with Crippen LogP contribution in [0, 0.1) is 12.5 Å². The van der Waals surface area contributed by atoms with Gasteiger partial charge in [0.25, 0.3) is 5.97 Å². The zero-order valence-electron chi connectivity index (χ0n) is 6.52. The van der Waals surface area contributed by atoms with Crippen LogP contribution in [0.2, 0.25) is 0 Å². The van der Waals surface area contributed by atoms with Gasteiger partial charge in [-0.2, -0.15) is 7.11 Å². The molecule has 0 amide bonds. The number of ether oxygens (including phenoxy) is 1. The quantitative estimate of drug-likeness (QED) is 0.219. The summed E-state index contributed by atoms with van der Waals surface area (Å²) in [6, 6.07) is 0. The minimum absolute atomic E-state index is 0. The van der Waals surface area contributed by atoms with Crippen LogP contribution in [0.1, 0.15) is 20.8 Å². The van der Waals surface area contributed by atoms with Crippen LogP contribution in [0.15, 0.2) is 0 Å². The van der Waals surface area contributed by atoms with Crippen molar-refractivity contribution in [3.8, 4) is 0 Å². The van der Waals surface area contributed by atoms with Gasteiger partial charge in [0, 0.05) is 0 Å². The van der Waals surface area contributed by atoms with Gasteiger partial charge in [-0.25, -0.2) is 0 Å². The summed E-state index contributed by atoms with van der Waals surface area (Å²) >= 11 is 0. The summed E-state index contributed by atoms with van der Waals surface area (Å²) in [4.78, 5) is 10.5. The molecule has 2 nitrogen and oxygen atoms in total. The zero-order valence-corrected chi connectivity index (χ0v) is 6.52. The topological polar surface area (TPSA) is 26.3 Å². The minimum Gasteiger partial charge on any atom is -0.640 e. The normalized spacial score (nSPS) is 9.78. The number of esters is 1. The fourth-order valence-electron chi connectivity index (χ4n) is 0.217. The van der Waals surface area contributed by atoms with Crippen molar-refractivity contribution in [2.24, 2.45) is 5.41 Å². The Balaban J connectivity index is 0. The summed E-state index contributed by atoms with van der Waals surface area (Å²) in [6.07, 6.45) is 0. The Labute approximate surface area is 68.1 Å². The first kappa shape index (κ1) is 11.8. The molecule has 0 aliphatic heterocycles. The molecule has 0 heterocycles. The first-order chi connectivity index (χ1) is 3.48. The number of rotatable bonds is 0. The maximum absolute atomic E-state index is 10.5. The van der Waals surface area contributed by atoms with Crippen molar-refractivity contribution in [1.82, 2.24) is 0 Å². The molecule has 0 aliphatic carbocycles. The summed E-state index contributed by atoms with van der Waals surface area (Å²) in [6.45, 7) is 5.33. The predicted molar refractivity (Wildman–Crippen MR) is 30.9 cm³/mol. The van der Waals surface area contributed by atoms with Crippen molar-refractivity contribution in [2.75, 3.05) is 0 Å². The van der Waals surface area contributed by atoms with Gasteiger partial charge >= 0.3 is 18.9 Å². The van der Waals surface area contributed by atoms with Gasteiger partial charge in [-0.3, -0.25) is 4.79 Å². The average Bonchev–Trinajstić information content (AvgIpc) is 1.62. The smallest absolute Gasteiger partial charge is 0.640 e. The SMILES string of the molecule is [CH2-]OC(=O)C(C)(C)C.[Li+]. The molecule has 0 radical (unpaired) electrons. The number of carbonyl (C=O) groups excluding carboxylic acids is 1. The van der Waals surface area contributed by atoms with E-state index < -0.39 is 5.41 Å². The molecule has 0 spiro atoms. The van der Waals surface area contributed by atoms with Crippen LogP contribution in [-0.2, 0) is 9.53 Å². The molecule has 0 aromatic carbocycles. The molecule has 0 fully saturated rings. The second kappa shape index (κ2) is 3.98. The predicted octanol–water partition coefficient (Wildman–Crippen LogP) is -1.63. The summed E-state index contributed by atoms with van der Waals surface area (Å²) in [5, 5.41) is 0. The Morgan fingerprint density at radius 1 is 1.44 bits per heavy atom. The van der Waals surface area contributed by atoms with Crippen molar-refractivity contribution in [1.29, 1.82) is 0 Å². The van der Waals surface area contributed by atoms with Gasteiger partial charge in [-0.05, 0) is 20.8 Å². The average molecular weight is 122 g/mol. The maximum Gasteiger partial charge on any atom is 1.00 e. The van der Waals surface area contributed by atoms with Crippen molar-refractivity contribution in [3.63, 3.8) is 0 Å². The fraction of sp³-hybridized carbons (Fsp3) is 0.667. The third kappa shape index (κ3) is 4.56. The molecule has 0 saturated carbocycles. The Morgan fingerprint density at radius 3 is 1.78 bits per heavy atom. The Kier molecular flexibility index (Phi) is 5.22. The summed E-state index contributed by atoms with van der Waals surface area (Å²) in [5.41, 5.74) is -0.415. The third-order valence-corrected chi connectivity index (χ3v) is 0.743. The number of hydrogen-bond donors (Lipinski definition) is 0. The zero-order chi connectivity index (χ0) is 6.78. The molecule has 0 aliphatic rings. The number of carbonyl (C=O) groups is 1. The van der Waals surface area contributed by atoms with Gasteiger partial charge in [-0.1, -0.05) is 0 Å². The van der Waals surface area contributed by atoms with Crippen LogP contribution < -0.4 is 18.9 Å². The van der Waals surface area contributed by atoms with Crippen LogP contribution in [0.3, 0.4) is 0 Å². The molecule has 0 aromatic heterocycles. The van der Waals surface area contributed by atoms with Crippen LogP contribution in [0.5, 0.6) is 0 Å². The summed E-state index contributed by atoms with van der Waals surface area (Å²) in [5.74, 6) is -0.280. The van der Waals surface area contributed by atoms with Crippen molar-refractivity contribution in [2.45, 2.75) is 20.8 Å². The molecule has 0 unspecified atom stereocenters. The molecule has 0 aromatic rings. The molecule has 0 bridgehead atoms. The molecule has 3 heteroatoms. The van der Waals surface area contributed by atoms with E-state index in [0.29, 0.717) is 0 Å². The van der Waals surface area contributed by atoms with Crippen LogP contribution in [0.4, 0.5) is 0 Å². The molecule has 0 saturated heterocycles. The van der Waals surface area contributed by atoms with Gasteiger partial charge in [-0.15, -0.1) is 0 Å². The maximum atomic E-state index is 10.5. The first-order valence-electron chi connectivity index (χ1n) is 2.45. The first-order valence-corrected chi connectivity index (χ1v) is 2.45. The van der Waals surface area contributed by atoms with Gasteiger partial charge in [0.05, 0.1) is 5.41 Å². The largest absolute Gasteiger partial charge is 1.00 e. The van der Waals surface area contributed by atoms with E-state index in [4.69, 9.17) is 0 Å². The van der Waals surface area contributed by atoms with Gasteiger partial charge in [0.2, 0.25) is 0 Å². The van der Waals surface area contributed by atoms with E-state index in [1.54, 1.807) is 20.8 Å². The fourth-order valence-corrected chi connectivity index (χ4v) is 0.217. The summed E-state index contributed by atoms with van der Waals surface area (Å²) < 4.78 is 4.23. The van der Waals surface area contributed by atoms with Crippen molar-refractivity contribution >= 4 is 5.97 Å². The summed E-state index contributed by atoms with van der Waals surface area (Å²) in [7, 11) is 3.00. The monoisotopic (exact) mass is 122 g/mol. The van der Waals surface area contributed by atoms with E-state index in [1.165, 1.54) is 0 Å². The van der Waals surface area contributed by atoms with Crippen molar-refractivity contribution in [3.05, 3.63) is 7.11 Å². The van der Waals surface area contributed by atoms with Crippen LogP contribution in [-0.4, -0.2) is 5.97 Å². The minimum atomic E-state index is -0.415. The van der Waals surface area contributed by atoms with Gasteiger partial charge < -0.3 is 4.74 Å². The molecule has 48 valence electrons. The second-order valence-electron chi connectivity index (χ2n) is 2.68. The molecule has 0 atom stereocenters. The van der Waals surface area contributed by atoms with Crippen LogP contribution in [0.25, 0.3) is 0 Å². The van der Waals surface area contributed by atoms with Gasteiger partial charge in [0.1, 0.15) is 0 Å².